The maximum atomic E-state index is 5.49. The highest BCUT2D eigenvalue weighted by Crippen LogP contribution is 2.46. The number of hydrogen-bond acceptors (Lipinski definition) is 2. The van der Waals surface area contributed by atoms with Gasteiger partial charge in [-0.2, -0.15) is 0 Å². The van der Waals surface area contributed by atoms with Crippen molar-refractivity contribution in [3.8, 4) is 0 Å². The maximum absolute atomic E-state index is 5.49. The topological polar surface area (TPSA) is 18.5 Å². The molecule has 2 aliphatic carbocycles. The van der Waals surface area contributed by atoms with Gasteiger partial charge < -0.3 is 8.54 Å². The molecule has 2 fully saturated rings. The molecule has 2 nitrogen and oxygen atoms in total. The second-order valence-electron chi connectivity index (χ2n) is 5.39. The van der Waals surface area contributed by atoms with E-state index in [1.807, 2.05) is 0 Å². The summed E-state index contributed by atoms with van der Waals surface area (Å²) in [5.41, 5.74) is 0. The molecule has 2 rings (SSSR count). The zero-order chi connectivity index (χ0) is 11.2. The summed E-state index contributed by atoms with van der Waals surface area (Å²) in [5.74, 6) is 3.19. The van der Waals surface area contributed by atoms with E-state index in [2.05, 4.69) is 0 Å². The lowest BCUT2D eigenvalue weighted by Crippen LogP contribution is -2.32. The Morgan fingerprint density at radius 3 is 2.19 bits per heavy atom. The zero-order valence-electron chi connectivity index (χ0n) is 10.5. The van der Waals surface area contributed by atoms with Gasteiger partial charge in [-0.05, 0) is 30.6 Å². The van der Waals surface area contributed by atoms with Crippen molar-refractivity contribution >= 4 is 20.5 Å². The van der Waals surface area contributed by atoms with E-state index >= 15 is 0 Å². The minimum absolute atomic E-state index is 0.143. The third-order valence-corrected chi connectivity index (χ3v) is 5.62. The van der Waals surface area contributed by atoms with Crippen LogP contribution in [0.3, 0.4) is 0 Å². The Kier molecular flexibility index (Phi) is 5.55. The molecule has 0 spiro atoms. The van der Waals surface area contributed by atoms with E-state index in [9.17, 15) is 0 Å². The number of hydrogen-bond donors (Lipinski definition) is 0. The Bertz CT molecular complexity index is 179. The van der Waals surface area contributed by atoms with E-state index in [0.717, 1.165) is 34.8 Å². The summed E-state index contributed by atoms with van der Waals surface area (Å²) in [6.07, 6.45) is 11.7. The van der Waals surface area contributed by atoms with Crippen molar-refractivity contribution in [1.82, 2.24) is 0 Å². The van der Waals surface area contributed by atoms with Crippen molar-refractivity contribution < 1.29 is 8.54 Å². The summed E-state index contributed by atoms with van der Waals surface area (Å²) in [6.45, 7) is 0.938. The van der Waals surface area contributed by atoms with Crippen LogP contribution in [0.25, 0.3) is 0 Å². The van der Waals surface area contributed by atoms with Crippen molar-refractivity contribution in [2.75, 3.05) is 6.61 Å². The quantitative estimate of drug-likeness (QED) is 0.485. The fraction of sp³-hybridized carbons (Fsp3) is 1.00. The van der Waals surface area contributed by atoms with Crippen LogP contribution in [0.1, 0.15) is 51.4 Å². The van der Waals surface area contributed by atoms with Crippen molar-refractivity contribution in [2.24, 2.45) is 17.8 Å². The second-order valence-corrected chi connectivity index (χ2v) is 7.80. The SMILES string of the molecule is [SiH3]O[SiH]OCCCC(C1CCC1)C1CCC1. The standard InChI is InChI=1S/C12H25O2Si2/c15-14-16-13-9-3-8-12(10-4-1-5-10)11-6-2-7-11/h10-12,16H,1-9H2,15H3. The first-order valence-corrected chi connectivity index (χ1v) is 8.64. The molecule has 0 aliphatic heterocycles. The van der Waals surface area contributed by atoms with Crippen LogP contribution in [0.15, 0.2) is 0 Å². The monoisotopic (exact) mass is 257 g/mol. The lowest BCUT2D eigenvalue weighted by atomic mass is 9.63. The highest BCUT2D eigenvalue weighted by molar-refractivity contribution is 6.27. The van der Waals surface area contributed by atoms with Gasteiger partial charge in [-0.15, -0.1) is 0 Å². The largest absolute Gasteiger partial charge is 0.446 e. The molecule has 2 saturated carbocycles. The van der Waals surface area contributed by atoms with E-state index in [1.54, 1.807) is 0 Å². The van der Waals surface area contributed by atoms with Crippen LogP contribution < -0.4 is 0 Å². The van der Waals surface area contributed by atoms with Gasteiger partial charge in [-0.1, -0.05) is 38.5 Å². The van der Waals surface area contributed by atoms with Gasteiger partial charge in [0.15, 0.2) is 0 Å². The molecule has 0 bridgehead atoms. The molecule has 0 saturated heterocycles. The Labute approximate surface area is 105 Å². The van der Waals surface area contributed by atoms with Gasteiger partial charge in [0.2, 0.25) is 0 Å². The van der Waals surface area contributed by atoms with Crippen LogP contribution >= 0.6 is 0 Å². The molecule has 2 aliphatic rings. The van der Waals surface area contributed by atoms with Gasteiger partial charge in [0, 0.05) is 6.61 Å². The average Bonchev–Trinajstić information content (AvgIpc) is 2.11. The number of rotatable bonds is 8. The Hall–Kier alpha value is 0.354. The lowest BCUT2D eigenvalue weighted by molar-refractivity contribution is 0.0798. The van der Waals surface area contributed by atoms with E-state index < -0.39 is 0 Å². The van der Waals surface area contributed by atoms with Crippen molar-refractivity contribution in [3.63, 3.8) is 0 Å². The Morgan fingerprint density at radius 2 is 1.75 bits per heavy atom. The van der Waals surface area contributed by atoms with Gasteiger partial charge in [-0.25, -0.2) is 0 Å². The highest BCUT2D eigenvalue weighted by Gasteiger charge is 2.35. The van der Waals surface area contributed by atoms with E-state index in [1.165, 1.54) is 51.4 Å². The van der Waals surface area contributed by atoms with E-state index in [-0.39, 0.29) is 10.0 Å². The maximum Gasteiger partial charge on any atom is 0.353 e. The summed E-state index contributed by atoms with van der Waals surface area (Å²) >= 11 is 0. The Morgan fingerprint density at radius 1 is 1.12 bits per heavy atom. The molecule has 0 heterocycles. The highest BCUT2D eigenvalue weighted by atomic mass is 28.3. The first-order valence-electron chi connectivity index (χ1n) is 6.88. The smallest absolute Gasteiger partial charge is 0.353 e. The molecule has 0 N–H and O–H groups in total. The van der Waals surface area contributed by atoms with E-state index in [0.29, 0.717) is 0 Å². The Balaban J connectivity index is 1.62. The summed E-state index contributed by atoms with van der Waals surface area (Å²) in [4.78, 5) is 0. The van der Waals surface area contributed by atoms with Crippen molar-refractivity contribution in [1.29, 1.82) is 0 Å². The summed E-state index contributed by atoms with van der Waals surface area (Å²) < 4.78 is 10.6. The lowest BCUT2D eigenvalue weighted by Gasteiger charge is -2.42. The molecule has 0 atom stereocenters. The van der Waals surface area contributed by atoms with Gasteiger partial charge in [0.05, 0.1) is 0 Å². The molecule has 0 aromatic carbocycles. The first-order chi connectivity index (χ1) is 7.92. The molecular formula is C12H25O2Si2. The molecule has 4 heteroatoms. The van der Waals surface area contributed by atoms with Gasteiger partial charge in [0.25, 0.3) is 0 Å². The van der Waals surface area contributed by atoms with Crippen molar-refractivity contribution in [3.05, 3.63) is 0 Å². The summed E-state index contributed by atoms with van der Waals surface area (Å²) in [6, 6.07) is 0. The zero-order valence-corrected chi connectivity index (χ0v) is 13.6. The predicted octanol–water partition coefficient (Wildman–Crippen LogP) is 1.56. The third-order valence-electron chi connectivity index (χ3n) is 4.47. The molecule has 0 aromatic heterocycles. The van der Waals surface area contributed by atoms with Crippen LogP contribution in [-0.4, -0.2) is 27.1 Å². The molecule has 93 valence electrons. The fourth-order valence-electron chi connectivity index (χ4n) is 3.11. The molecule has 0 amide bonds. The summed E-state index contributed by atoms with van der Waals surface area (Å²) in [5, 5.41) is 0. The van der Waals surface area contributed by atoms with Gasteiger partial charge in [-0.3, -0.25) is 0 Å². The third kappa shape index (κ3) is 3.42. The van der Waals surface area contributed by atoms with Crippen molar-refractivity contribution in [2.45, 2.75) is 51.4 Å². The minimum atomic E-state index is -0.143. The molecule has 16 heavy (non-hydrogen) atoms. The minimum Gasteiger partial charge on any atom is -0.446 e. The average molecular weight is 258 g/mol. The van der Waals surface area contributed by atoms with Gasteiger partial charge in [0.1, 0.15) is 10.5 Å². The second kappa shape index (κ2) is 6.94. The van der Waals surface area contributed by atoms with Crippen LogP contribution in [0.5, 0.6) is 0 Å². The summed E-state index contributed by atoms with van der Waals surface area (Å²) in [7, 11) is 0.687. The molecule has 0 unspecified atom stereocenters. The molecule has 0 aromatic rings. The van der Waals surface area contributed by atoms with Crippen LogP contribution in [0.2, 0.25) is 0 Å². The normalized spacial score (nSPS) is 22.3. The molecular weight excluding hydrogens is 232 g/mol. The fourth-order valence-corrected chi connectivity index (χ4v) is 3.92. The van der Waals surface area contributed by atoms with Gasteiger partial charge >= 0.3 is 10.0 Å². The predicted molar refractivity (Wildman–Crippen MR) is 71.5 cm³/mol. The molecule has 1 radical (unpaired) electrons. The van der Waals surface area contributed by atoms with Crippen LogP contribution in [0.4, 0.5) is 0 Å². The van der Waals surface area contributed by atoms with E-state index in [4.69, 9.17) is 8.54 Å². The first kappa shape index (κ1) is 12.8. The van der Waals surface area contributed by atoms with Crippen LogP contribution in [-0.2, 0) is 8.54 Å². The van der Waals surface area contributed by atoms with Crippen LogP contribution in [0, 0.1) is 17.8 Å².